The van der Waals surface area contributed by atoms with E-state index < -0.39 is 0 Å². The molecule has 246 valence electrons. The maximum atomic E-state index is 6.77. The van der Waals surface area contributed by atoms with Gasteiger partial charge in [-0.15, -0.1) is 0 Å². The Balaban J connectivity index is 1.11. The van der Waals surface area contributed by atoms with E-state index in [1.54, 1.807) is 0 Å². The van der Waals surface area contributed by atoms with Gasteiger partial charge >= 0.3 is 0 Å². The molecule has 1 aliphatic carbocycles. The van der Waals surface area contributed by atoms with E-state index in [2.05, 4.69) is 98.8 Å². The lowest BCUT2D eigenvalue weighted by Crippen LogP contribution is -2.14. The van der Waals surface area contributed by atoms with Gasteiger partial charge in [0.15, 0.2) is 23.1 Å². The number of rotatable bonds is 5. The van der Waals surface area contributed by atoms with Gasteiger partial charge in [-0.05, 0) is 57.0 Å². The average Bonchev–Trinajstić information content (AvgIpc) is 3.75. The SMILES string of the molecule is CC1(C)c2ccccc2-c2c1ccc1ccc3nc(-c4cccc(-c5ccccc5-c5nc(-c6ccccc6)nc(-c6ccccc6)n5)c4)oc3c21. The summed E-state index contributed by atoms with van der Waals surface area (Å²) in [6.45, 7) is 4.61. The van der Waals surface area contributed by atoms with E-state index >= 15 is 0 Å². The van der Waals surface area contributed by atoms with Gasteiger partial charge in [-0.2, -0.15) is 0 Å². The predicted molar refractivity (Wildman–Crippen MR) is 210 cm³/mol. The average molecular weight is 669 g/mol. The number of oxazole rings is 1. The maximum absolute atomic E-state index is 6.77. The first-order valence-electron chi connectivity index (χ1n) is 17.6. The summed E-state index contributed by atoms with van der Waals surface area (Å²) in [6.07, 6.45) is 0. The second-order valence-corrected chi connectivity index (χ2v) is 13.9. The van der Waals surface area contributed by atoms with E-state index in [1.165, 1.54) is 22.3 Å². The van der Waals surface area contributed by atoms with Crippen molar-refractivity contribution in [2.24, 2.45) is 0 Å². The molecule has 0 fully saturated rings. The summed E-state index contributed by atoms with van der Waals surface area (Å²) in [5, 5.41) is 2.26. The highest BCUT2D eigenvalue weighted by molar-refractivity contribution is 6.14. The Morgan fingerprint density at radius 2 is 1.02 bits per heavy atom. The molecule has 5 heteroatoms. The molecular weight excluding hydrogens is 637 g/mol. The first kappa shape index (κ1) is 30.1. The first-order valence-corrected chi connectivity index (χ1v) is 17.6. The van der Waals surface area contributed by atoms with Crippen molar-refractivity contribution < 1.29 is 4.42 Å². The Morgan fingerprint density at radius 3 is 1.75 bits per heavy atom. The van der Waals surface area contributed by atoms with E-state index in [4.69, 9.17) is 24.4 Å². The summed E-state index contributed by atoms with van der Waals surface area (Å²) in [5.41, 5.74) is 12.4. The van der Waals surface area contributed by atoms with E-state index in [0.717, 1.165) is 55.3 Å². The maximum Gasteiger partial charge on any atom is 0.227 e. The number of nitrogens with zero attached hydrogens (tertiary/aromatic N) is 4. The molecule has 0 aliphatic heterocycles. The van der Waals surface area contributed by atoms with Crippen molar-refractivity contribution in [3.8, 4) is 67.9 Å². The molecule has 0 N–H and O–H groups in total. The molecular formula is C47H32N4O. The van der Waals surface area contributed by atoms with Crippen LogP contribution in [-0.2, 0) is 5.41 Å². The zero-order chi connectivity index (χ0) is 34.8. The lowest BCUT2D eigenvalue weighted by Gasteiger charge is -2.21. The van der Waals surface area contributed by atoms with Crippen LogP contribution in [0.15, 0.2) is 162 Å². The third kappa shape index (κ3) is 4.78. The molecule has 2 heterocycles. The summed E-state index contributed by atoms with van der Waals surface area (Å²) in [4.78, 5) is 20.0. The fraction of sp³-hybridized carbons (Fsp3) is 0.0638. The highest BCUT2D eigenvalue weighted by Crippen LogP contribution is 2.52. The lowest BCUT2D eigenvalue weighted by atomic mass is 9.82. The summed E-state index contributed by atoms with van der Waals surface area (Å²) < 4.78 is 6.77. The van der Waals surface area contributed by atoms with Crippen molar-refractivity contribution in [2.45, 2.75) is 19.3 Å². The van der Waals surface area contributed by atoms with E-state index in [0.29, 0.717) is 23.4 Å². The highest BCUT2D eigenvalue weighted by atomic mass is 16.3. The van der Waals surface area contributed by atoms with Crippen LogP contribution in [0.1, 0.15) is 25.0 Å². The molecule has 0 spiro atoms. The Bertz CT molecular complexity index is 2760. The highest BCUT2D eigenvalue weighted by Gasteiger charge is 2.37. The quantitative estimate of drug-likeness (QED) is 0.183. The van der Waals surface area contributed by atoms with Crippen LogP contribution >= 0.6 is 0 Å². The minimum atomic E-state index is -0.102. The molecule has 9 aromatic rings. The minimum absolute atomic E-state index is 0.102. The molecule has 0 amide bonds. The zero-order valence-corrected chi connectivity index (χ0v) is 28.7. The molecule has 1 aliphatic rings. The Morgan fingerprint density at radius 1 is 0.442 bits per heavy atom. The molecule has 52 heavy (non-hydrogen) atoms. The third-order valence-electron chi connectivity index (χ3n) is 10.4. The van der Waals surface area contributed by atoms with Crippen LogP contribution in [0.2, 0.25) is 0 Å². The molecule has 5 nitrogen and oxygen atoms in total. The van der Waals surface area contributed by atoms with E-state index in [9.17, 15) is 0 Å². The molecule has 0 radical (unpaired) electrons. The van der Waals surface area contributed by atoms with Gasteiger partial charge in [-0.25, -0.2) is 19.9 Å². The molecule has 0 saturated heterocycles. The molecule has 0 saturated carbocycles. The topological polar surface area (TPSA) is 64.7 Å². The second-order valence-electron chi connectivity index (χ2n) is 13.9. The van der Waals surface area contributed by atoms with Crippen LogP contribution in [0.3, 0.4) is 0 Å². The van der Waals surface area contributed by atoms with Crippen molar-refractivity contribution in [3.05, 3.63) is 169 Å². The van der Waals surface area contributed by atoms with Gasteiger partial charge in [-0.3, -0.25) is 0 Å². The number of benzene rings is 7. The fourth-order valence-corrected chi connectivity index (χ4v) is 7.79. The Hall–Kier alpha value is -6.72. The van der Waals surface area contributed by atoms with Crippen molar-refractivity contribution in [2.75, 3.05) is 0 Å². The van der Waals surface area contributed by atoms with Crippen molar-refractivity contribution >= 4 is 21.9 Å². The molecule has 0 bridgehead atoms. The smallest absolute Gasteiger partial charge is 0.227 e. The summed E-state index contributed by atoms with van der Waals surface area (Å²) in [5.74, 6) is 2.45. The summed E-state index contributed by atoms with van der Waals surface area (Å²) in [7, 11) is 0. The zero-order valence-electron chi connectivity index (χ0n) is 28.7. The third-order valence-corrected chi connectivity index (χ3v) is 10.4. The van der Waals surface area contributed by atoms with Gasteiger partial charge in [0.05, 0.1) is 0 Å². The lowest BCUT2D eigenvalue weighted by molar-refractivity contribution is 0.623. The van der Waals surface area contributed by atoms with Gasteiger partial charge in [-0.1, -0.05) is 153 Å². The van der Waals surface area contributed by atoms with Crippen LogP contribution in [0.5, 0.6) is 0 Å². The normalized spacial score (nSPS) is 13.0. The monoisotopic (exact) mass is 668 g/mol. The molecule has 7 aromatic carbocycles. The molecule has 0 atom stereocenters. The van der Waals surface area contributed by atoms with Crippen LogP contribution < -0.4 is 0 Å². The largest absolute Gasteiger partial charge is 0.435 e. The molecule has 0 unspecified atom stereocenters. The van der Waals surface area contributed by atoms with Gasteiger partial charge in [0.25, 0.3) is 0 Å². The van der Waals surface area contributed by atoms with Crippen LogP contribution in [-0.4, -0.2) is 19.9 Å². The van der Waals surface area contributed by atoms with Crippen molar-refractivity contribution in [1.29, 1.82) is 0 Å². The van der Waals surface area contributed by atoms with Crippen LogP contribution in [0, 0.1) is 0 Å². The number of hydrogen-bond acceptors (Lipinski definition) is 5. The van der Waals surface area contributed by atoms with Gasteiger partial charge in [0.1, 0.15) is 5.52 Å². The predicted octanol–water partition coefficient (Wildman–Crippen LogP) is 11.8. The Labute approximate surface area is 301 Å². The summed E-state index contributed by atoms with van der Waals surface area (Å²) in [6, 6.07) is 54.2. The van der Waals surface area contributed by atoms with E-state index in [1.807, 2.05) is 72.8 Å². The minimum Gasteiger partial charge on any atom is -0.435 e. The van der Waals surface area contributed by atoms with E-state index in [-0.39, 0.29) is 5.41 Å². The van der Waals surface area contributed by atoms with Gasteiger partial charge in [0, 0.05) is 33.1 Å². The van der Waals surface area contributed by atoms with Gasteiger partial charge < -0.3 is 4.42 Å². The fourth-order valence-electron chi connectivity index (χ4n) is 7.79. The summed E-state index contributed by atoms with van der Waals surface area (Å²) >= 11 is 0. The standard InChI is InChI=1S/C47H32N4O/c1-47(2)37-23-12-11-22-36(37)41-38(47)26-24-29-25-27-39-42(40(29)41)52-46(48-39)33-19-13-18-32(28-33)34-20-9-10-21-35(34)45-50-43(30-14-5-3-6-15-30)49-44(51-45)31-16-7-4-8-17-31/h3-28H,1-2H3. The van der Waals surface area contributed by atoms with Crippen molar-refractivity contribution in [3.63, 3.8) is 0 Å². The number of fused-ring (bicyclic) bond motifs is 7. The number of aromatic nitrogens is 4. The Kier molecular flexibility index (Phi) is 6.77. The second kappa shape index (κ2) is 11.7. The molecule has 2 aromatic heterocycles. The van der Waals surface area contributed by atoms with Crippen molar-refractivity contribution in [1.82, 2.24) is 19.9 Å². The van der Waals surface area contributed by atoms with Crippen LogP contribution in [0.4, 0.5) is 0 Å². The first-order chi connectivity index (χ1) is 25.5. The van der Waals surface area contributed by atoms with Crippen LogP contribution in [0.25, 0.3) is 89.7 Å². The van der Waals surface area contributed by atoms with Gasteiger partial charge in [0.2, 0.25) is 5.89 Å². The molecule has 10 rings (SSSR count). The number of hydrogen-bond donors (Lipinski definition) is 0.